The summed E-state index contributed by atoms with van der Waals surface area (Å²) < 4.78 is 0. The summed E-state index contributed by atoms with van der Waals surface area (Å²) in [5, 5.41) is 5.48. The number of carbonyl (C=O) groups is 1. The minimum atomic E-state index is 0.121. The van der Waals surface area contributed by atoms with Gasteiger partial charge in [-0.1, -0.05) is 55.3 Å². The fourth-order valence-electron chi connectivity index (χ4n) is 3.44. The van der Waals surface area contributed by atoms with Gasteiger partial charge in [0.15, 0.2) is 0 Å². The van der Waals surface area contributed by atoms with Gasteiger partial charge in [0.05, 0.1) is 0 Å². The molecule has 2 atom stereocenters. The predicted molar refractivity (Wildman–Crippen MR) is 90.3 cm³/mol. The van der Waals surface area contributed by atoms with Crippen molar-refractivity contribution < 1.29 is 4.79 Å². The van der Waals surface area contributed by atoms with Crippen LogP contribution in [0.2, 0.25) is 0 Å². The van der Waals surface area contributed by atoms with E-state index in [1.807, 2.05) is 18.2 Å². The molecular formula is C19H24N2O. The lowest BCUT2D eigenvalue weighted by atomic mass is 9.83. The average Bonchev–Trinajstić information content (AvgIpc) is 2.55. The largest absolute Gasteiger partial charge is 0.352 e. The molecule has 22 heavy (non-hydrogen) atoms. The molecule has 3 nitrogen and oxygen atoms in total. The first-order chi connectivity index (χ1) is 10.7. The third kappa shape index (κ3) is 3.47. The summed E-state index contributed by atoms with van der Waals surface area (Å²) in [6, 6.07) is 14.7. The lowest BCUT2D eigenvalue weighted by Gasteiger charge is -2.28. The lowest BCUT2D eigenvalue weighted by Crippen LogP contribution is -2.37. The van der Waals surface area contributed by atoms with E-state index in [4.69, 9.17) is 5.73 Å². The molecule has 3 N–H and O–H groups in total. The molecule has 0 heterocycles. The van der Waals surface area contributed by atoms with Crippen LogP contribution in [-0.2, 0) is 11.3 Å². The number of fused-ring (bicyclic) bond motifs is 1. The van der Waals surface area contributed by atoms with E-state index in [1.165, 1.54) is 29.2 Å². The van der Waals surface area contributed by atoms with Crippen molar-refractivity contribution in [2.45, 2.75) is 44.7 Å². The van der Waals surface area contributed by atoms with Gasteiger partial charge in [-0.15, -0.1) is 0 Å². The van der Waals surface area contributed by atoms with Crippen LogP contribution in [0, 0.1) is 5.92 Å². The Morgan fingerprint density at radius 3 is 2.73 bits per heavy atom. The van der Waals surface area contributed by atoms with Gasteiger partial charge in [0.2, 0.25) is 5.91 Å². The highest BCUT2D eigenvalue weighted by Crippen LogP contribution is 2.25. The summed E-state index contributed by atoms with van der Waals surface area (Å²) in [4.78, 5) is 12.2. The van der Waals surface area contributed by atoms with Crippen LogP contribution in [0.3, 0.4) is 0 Å². The number of nitrogens with one attached hydrogen (secondary N) is 1. The molecule has 2 aromatic carbocycles. The Bertz CT molecular complexity index is 647. The zero-order chi connectivity index (χ0) is 15.4. The van der Waals surface area contributed by atoms with Crippen LogP contribution in [-0.4, -0.2) is 11.9 Å². The predicted octanol–water partition coefficient (Wildman–Crippen LogP) is 3.36. The van der Waals surface area contributed by atoms with Crippen molar-refractivity contribution in [2.24, 2.45) is 11.7 Å². The van der Waals surface area contributed by atoms with Crippen LogP contribution in [0.1, 0.15) is 37.7 Å². The van der Waals surface area contributed by atoms with Gasteiger partial charge < -0.3 is 11.1 Å². The maximum atomic E-state index is 12.2. The van der Waals surface area contributed by atoms with E-state index in [0.29, 0.717) is 18.9 Å². The van der Waals surface area contributed by atoms with Crippen LogP contribution in [0.5, 0.6) is 0 Å². The van der Waals surface area contributed by atoms with Crippen molar-refractivity contribution >= 4 is 16.7 Å². The molecule has 0 spiro atoms. The standard InChI is InChI=1S/C19H24N2O/c20-18-11-4-2-7-15(18)12-19(22)21-13-16-9-5-8-14-6-1-3-10-17(14)16/h1,3,5-6,8-10,15,18H,2,4,7,11-13,20H2,(H,21,22). The number of rotatable bonds is 4. The summed E-state index contributed by atoms with van der Waals surface area (Å²) in [6.07, 6.45) is 5.11. The van der Waals surface area contributed by atoms with Gasteiger partial charge in [0, 0.05) is 19.0 Å². The van der Waals surface area contributed by atoms with Gasteiger partial charge in [-0.25, -0.2) is 0 Å². The maximum Gasteiger partial charge on any atom is 0.220 e. The Hall–Kier alpha value is -1.87. The van der Waals surface area contributed by atoms with Crippen molar-refractivity contribution in [1.82, 2.24) is 5.32 Å². The number of nitrogens with two attached hydrogens (primary N) is 1. The van der Waals surface area contributed by atoms with E-state index >= 15 is 0 Å². The summed E-state index contributed by atoms with van der Waals surface area (Å²) in [5.41, 5.74) is 7.30. The zero-order valence-corrected chi connectivity index (χ0v) is 12.9. The minimum Gasteiger partial charge on any atom is -0.352 e. The fraction of sp³-hybridized carbons (Fsp3) is 0.421. The van der Waals surface area contributed by atoms with Crippen LogP contribution in [0.4, 0.5) is 0 Å². The van der Waals surface area contributed by atoms with Crippen molar-refractivity contribution in [1.29, 1.82) is 0 Å². The highest BCUT2D eigenvalue weighted by molar-refractivity contribution is 5.86. The molecule has 1 amide bonds. The van der Waals surface area contributed by atoms with Crippen LogP contribution < -0.4 is 11.1 Å². The van der Waals surface area contributed by atoms with Gasteiger partial charge in [-0.3, -0.25) is 4.79 Å². The normalized spacial score (nSPS) is 21.7. The van der Waals surface area contributed by atoms with Crippen LogP contribution in [0.25, 0.3) is 10.8 Å². The van der Waals surface area contributed by atoms with Gasteiger partial charge in [0.1, 0.15) is 0 Å². The molecule has 1 aliphatic rings. The first-order valence-corrected chi connectivity index (χ1v) is 8.23. The van der Waals surface area contributed by atoms with E-state index in [2.05, 4.69) is 29.6 Å². The smallest absolute Gasteiger partial charge is 0.220 e. The Morgan fingerprint density at radius 1 is 1.09 bits per heavy atom. The molecule has 1 aliphatic carbocycles. The molecule has 1 saturated carbocycles. The summed E-state index contributed by atoms with van der Waals surface area (Å²) in [5.74, 6) is 0.469. The Labute approximate surface area is 131 Å². The SMILES string of the molecule is NC1CCCCC1CC(=O)NCc1cccc2ccccc12. The van der Waals surface area contributed by atoms with Crippen molar-refractivity contribution in [2.75, 3.05) is 0 Å². The summed E-state index contributed by atoms with van der Waals surface area (Å²) in [7, 11) is 0. The molecule has 2 aromatic rings. The second-order valence-electron chi connectivity index (χ2n) is 6.33. The molecular weight excluding hydrogens is 272 g/mol. The number of hydrogen-bond acceptors (Lipinski definition) is 2. The van der Waals surface area contributed by atoms with Crippen molar-refractivity contribution in [3.8, 4) is 0 Å². The highest BCUT2D eigenvalue weighted by atomic mass is 16.1. The molecule has 0 aliphatic heterocycles. The van der Waals surface area contributed by atoms with Crippen molar-refractivity contribution in [3.63, 3.8) is 0 Å². The molecule has 3 rings (SSSR count). The monoisotopic (exact) mass is 296 g/mol. The maximum absolute atomic E-state index is 12.2. The Morgan fingerprint density at radius 2 is 1.86 bits per heavy atom. The van der Waals surface area contributed by atoms with Crippen LogP contribution in [0.15, 0.2) is 42.5 Å². The molecule has 0 aromatic heterocycles. The summed E-state index contributed by atoms with van der Waals surface area (Å²) >= 11 is 0. The average molecular weight is 296 g/mol. The molecule has 116 valence electrons. The topological polar surface area (TPSA) is 55.1 Å². The van der Waals surface area contributed by atoms with E-state index in [1.54, 1.807) is 0 Å². The third-order valence-corrected chi connectivity index (χ3v) is 4.77. The van der Waals surface area contributed by atoms with E-state index in [9.17, 15) is 4.79 Å². The van der Waals surface area contributed by atoms with Gasteiger partial charge in [0.25, 0.3) is 0 Å². The first kappa shape index (κ1) is 15.0. The molecule has 1 fully saturated rings. The number of benzene rings is 2. The number of amides is 1. The quantitative estimate of drug-likeness (QED) is 0.909. The molecule has 0 saturated heterocycles. The van der Waals surface area contributed by atoms with E-state index < -0.39 is 0 Å². The Kier molecular flexibility index (Phi) is 4.74. The van der Waals surface area contributed by atoms with Crippen molar-refractivity contribution in [3.05, 3.63) is 48.0 Å². The van der Waals surface area contributed by atoms with Gasteiger partial charge in [-0.2, -0.15) is 0 Å². The lowest BCUT2D eigenvalue weighted by molar-refractivity contribution is -0.122. The number of hydrogen-bond donors (Lipinski definition) is 2. The molecule has 2 unspecified atom stereocenters. The second-order valence-corrected chi connectivity index (χ2v) is 6.33. The molecule has 3 heteroatoms. The second kappa shape index (κ2) is 6.93. The fourth-order valence-corrected chi connectivity index (χ4v) is 3.44. The van der Waals surface area contributed by atoms with E-state index in [0.717, 1.165) is 12.8 Å². The number of carbonyl (C=O) groups excluding carboxylic acids is 1. The van der Waals surface area contributed by atoms with E-state index in [-0.39, 0.29) is 11.9 Å². The Balaban J connectivity index is 1.60. The first-order valence-electron chi connectivity index (χ1n) is 8.23. The van der Waals surface area contributed by atoms with Gasteiger partial charge >= 0.3 is 0 Å². The van der Waals surface area contributed by atoms with Crippen LogP contribution >= 0.6 is 0 Å². The molecule has 0 bridgehead atoms. The molecule has 0 radical (unpaired) electrons. The zero-order valence-electron chi connectivity index (χ0n) is 12.9. The van der Waals surface area contributed by atoms with Gasteiger partial charge in [-0.05, 0) is 35.1 Å². The highest BCUT2D eigenvalue weighted by Gasteiger charge is 2.23. The minimum absolute atomic E-state index is 0.121. The summed E-state index contributed by atoms with van der Waals surface area (Å²) in [6.45, 7) is 0.585. The third-order valence-electron chi connectivity index (χ3n) is 4.77.